The molecule has 1 unspecified atom stereocenters. The minimum atomic E-state index is -0.340. The summed E-state index contributed by atoms with van der Waals surface area (Å²) in [6, 6.07) is 5.76. The Bertz CT molecular complexity index is 472. The summed E-state index contributed by atoms with van der Waals surface area (Å²) in [5.41, 5.74) is 5.90. The van der Waals surface area contributed by atoms with Gasteiger partial charge in [-0.1, -0.05) is 26.8 Å². The van der Waals surface area contributed by atoms with Crippen molar-refractivity contribution >= 4 is 5.91 Å². The minimum absolute atomic E-state index is 0.0136. The van der Waals surface area contributed by atoms with Crippen LogP contribution in [0.25, 0.3) is 0 Å². The molecule has 1 rings (SSSR count). The fourth-order valence-corrected chi connectivity index (χ4v) is 1.63. The fourth-order valence-electron chi connectivity index (χ4n) is 1.63. The molecule has 1 atom stereocenters. The van der Waals surface area contributed by atoms with Gasteiger partial charge in [-0.05, 0) is 17.5 Å². The molecule has 0 spiro atoms. The van der Waals surface area contributed by atoms with Crippen LogP contribution in [0, 0.1) is 11.2 Å². The van der Waals surface area contributed by atoms with Crippen LogP contribution in [0.5, 0.6) is 5.75 Å². The second kappa shape index (κ2) is 7.41. The Morgan fingerprint density at radius 1 is 1.43 bits per heavy atom. The first-order valence-electron chi connectivity index (χ1n) is 7.08. The van der Waals surface area contributed by atoms with E-state index in [-0.39, 0.29) is 23.2 Å². The van der Waals surface area contributed by atoms with Gasteiger partial charge in [0.05, 0.1) is 6.54 Å². The standard InChI is InChI=1S/C16H25FN2O2/c1-16(2,3)14(18)11-15(20)19(4)8-9-21-13-7-5-6-12(17)10-13/h5-7,10,14H,8-9,11,18H2,1-4H3. The van der Waals surface area contributed by atoms with E-state index in [9.17, 15) is 9.18 Å². The summed E-state index contributed by atoms with van der Waals surface area (Å²) >= 11 is 0. The lowest BCUT2D eigenvalue weighted by Gasteiger charge is -2.28. The van der Waals surface area contributed by atoms with Gasteiger partial charge in [0.15, 0.2) is 0 Å². The van der Waals surface area contributed by atoms with E-state index in [0.29, 0.717) is 25.3 Å². The number of likely N-dealkylation sites (N-methyl/N-ethyl adjacent to an activating group) is 1. The number of halogens is 1. The highest BCUT2D eigenvalue weighted by atomic mass is 19.1. The maximum atomic E-state index is 13.0. The van der Waals surface area contributed by atoms with E-state index in [4.69, 9.17) is 10.5 Å². The van der Waals surface area contributed by atoms with Gasteiger partial charge in [-0.2, -0.15) is 0 Å². The molecule has 21 heavy (non-hydrogen) atoms. The molecule has 0 saturated carbocycles. The van der Waals surface area contributed by atoms with E-state index >= 15 is 0 Å². The van der Waals surface area contributed by atoms with E-state index in [1.807, 2.05) is 20.8 Å². The molecule has 1 aromatic carbocycles. The first-order valence-corrected chi connectivity index (χ1v) is 7.08. The SMILES string of the molecule is CN(CCOc1cccc(F)c1)C(=O)CC(N)C(C)(C)C. The van der Waals surface area contributed by atoms with Crippen LogP contribution in [0.2, 0.25) is 0 Å². The zero-order chi connectivity index (χ0) is 16.0. The van der Waals surface area contributed by atoms with E-state index in [1.54, 1.807) is 24.1 Å². The normalized spacial score (nSPS) is 12.9. The number of ether oxygens (including phenoxy) is 1. The molecule has 0 aromatic heterocycles. The molecule has 1 aromatic rings. The zero-order valence-corrected chi connectivity index (χ0v) is 13.2. The molecule has 118 valence electrons. The third-order valence-corrected chi connectivity index (χ3v) is 3.42. The van der Waals surface area contributed by atoms with E-state index in [1.165, 1.54) is 12.1 Å². The molecule has 0 bridgehead atoms. The predicted octanol–water partition coefficient (Wildman–Crippen LogP) is 2.43. The molecule has 0 aliphatic carbocycles. The number of carbonyl (C=O) groups excluding carboxylic acids is 1. The van der Waals surface area contributed by atoms with Crippen molar-refractivity contribution in [3.63, 3.8) is 0 Å². The van der Waals surface area contributed by atoms with Crippen molar-refractivity contribution in [2.45, 2.75) is 33.2 Å². The summed E-state index contributed by atoms with van der Waals surface area (Å²) < 4.78 is 18.4. The predicted molar refractivity (Wildman–Crippen MR) is 81.6 cm³/mol. The average molecular weight is 296 g/mol. The van der Waals surface area contributed by atoms with Crippen molar-refractivity contribution in [1.82, 2.24) is 4.90 Å². The molecule has 0 fully saturated rings. The summed E-state index contributed by atoms with van der Waals surface area (Å²) in [5, 5.41) is 0. The maximum Gasteiger partial charge on any atom is 0.224 e. The number of carbonyl (C=O) groups is 1. The largest absolute Gasteiger partial charge is 0.492 e. The fraction of sp³-hybridized carbons (Fsp3) is 0.562. The van der Waals surface area contributed by atoms with Crippen LogP contribution >= 0.6 is 0 Å². The lowest BCUT2D eigenvalue weighted by molar-refractivity contribution is -0.131. The molecule has 4 nitrogen and oxygen atoms in total. The monoisotopic (exact) mass is 296 g/mol. The molecular weight excluding hydrogens is 271 g/mol. The number of nitrogens with two attached hydrogens (primary N) is 1. The Kier molecular flexibility index (Phi) is 6.15. The number of rotatable bonds is 6. The van der Waals surface area contributed by atoms with E-state index < -0.39 is 0 Å². The van der Waals surface area contributed by atoms with Crippen molar-refractivity contribution in [2.24, 2.45) is 11.1 Å². The minimum Gasteiger partial charge on any atom is -0.492 e. The number of hydrogen-bond acceptors (Lipinski definition) is 3. The van der Waals surface area contributed by atoms with Crippen molar-refractivity contribution < 1.29 is 13.9 Å². The second-order valence-corrected chi connectivity index (χ2v) is 6.30. The Labute approximate surface area is 126 Å². The molecule has 2 N–H and O–H groups in total. The number of amides is 1. The lowest BCUT2D eigenvalue weighted by Crippen LogP contribution is -2.41. The summed E-state index contributed by atoms with van der Waals surface area (Å²) in [6.07, 6.45) is 0.306. The van der Waals surface area contributed by atoms with Gasteiger partial charge in [0.1, 0.15) is 18.2 Å². The van der Waals surface area contributed by atoms with Crippen molar-refractivity contribution in [3.8, 4) is 5.75 Å². The van der Waals surface area contributed by atoms with E-state index in [0.717, 1.165) is 0 Å². The first-order chi connectivity index (χ1) is 9.70. The first kappa shape index (κ1) is 17.4. The van der Waals surface area contributed by atoms with Gasteiger partial charge < -0.3 is 15.4 Å². The molecule has 1 amide bonds. The average Bonchev–Trinajstić information content (AvgIpc) is 2.37. The van der Waals surface area contributed by atoms with Crippen LogP contribution in [0.15, 0.2) is 24.3 Å². The van der Waals surface area contributed by atoms with Gasteiger partial charge in [0, 0.05) is 25.6 Å². The number of nitrogens with zero attached hydrogens (tertiary/aromatic N) is 1. The number of hydrogen-bond donors (Lipinski definition) is 1. The Morgan fingerprint density at radius 2 is 2.10 bits per heavy atom. The summed E-state index contributed by atoms with van der Waals surface area (Å²) in [7, 11) is 1.71. The van der Waals surface area contributed by atoms with Gasteiger partial charge in [0.25, 0.3) is 0 Å². The van der Waals surface area contributed by atoms with Crippen LogP contribution in [0.3, 0.4) is 0 Å². The molecule has 0 saturated heterocycles. The molecule has 0 radical (unpaired) electrons. The smallest absolute Gasteiger partial charge is 0.224 e. The summed E-state index contributed by atoms with van der Waals surface area (Å²) in [6.45, 7) is 6.79. The molecule has 0 aliphatic rings. The van der Waals surface area contributed by atoms with Crippen LogP contribution in [0.1, 0.15) is 27.2 Å². The quantitative estimate of drug-likeness (QED) is 0.877. The molecular formula is C16H25FN2O2. The summed E-state index contributed by atoms with van der Waals surface area (Å²) in [4.78, 5) is 13.6. The van der Waals surface area contributed by atoms with Gasteiger partial charge in [-0.15, -0.1) is 0 Å². The third-order valence-electron chi connectivity index (χ3n) is 3.42. The topological polar surface area (TPSA) is 55.6 Å². The zero-order valence-electron chi connectivity index (χ0n) is 13.2. The van der Waals surface area contributed by atoms with Crippen molar-refractivity contribution in [1.29, 1.82) is 0 Å². The maximum absolute atomic E-state index is 13.0. The van der Waals surface area contributed by atoms with Gasteiger partial charge >= 0.3 is 0 Å². The highest BCUT2D eigenvalue weighted by Gasteiger charge is 2.24. The van der Waals surface area contributed by atoms with E-state index in [2.05, 4.69) is 0 Å². The highest BCUT2D eigenvalue weighted by molar-refractivity contribution is 5.76. The Hall–Kier alpha value is -1.62. The van der Waals surface area contributed by atoms with Gasteiger partial charge in [-0.3, -0.25) is 4.79 Å². The van der Waals surface area contributed by atoms with Crippen molar-refractivity contribution in [3.05, 3.63) is 30.1 Å². The van der Waals surface area contributed by atoms with Gasteiger partial charge in [0.2, 0.25) is 5.91 Å². The molecule has 5 heteroatoms. The Balaban J connectivity index is 2.36. The highest BCUT2D eigenvalue weighted by Crippen LogP contribution is 2.20. The van der Waals surface area contributed by atoms with Crippen LogP contribution in [-0.4, -0.2) is 37.0 Å². The summed E-state index contributed by atoms with van der Waals surface area (Å²) in [5.74, 6) is 0.107. The van der Waals surface area contributed by atoms with Crippen LogP contribution in [0.4, 0.5) is 4.39 Å². The lowest BCUT2D eigenvalue weighted by atomic mass is 9.85. The molecule has 0 aliphatic heterocycles. The Morgan fingerprint density at radius 3 is 2.67 bits per heavy atom. The second-order valence-electron chi connectivity index (χ2n) is 6.30. The number of benzene rings is 1. The third kappa shape index (κ3) is 6.12. The molecule has 0 heterocycles. The van der Waals surface area contributed by atoms with Crippen molar-refractivity contribution in [2.75, 3.05) is 20.2 Å². The van der Waals surface area contributed by atoms with Crippen LogP contribution in [-0.2, 0) is 4.79 Å². The van der Waals surface area contributed by atoms with Gasteiger partial charge in [-0.25, -0.2) is 4.39 Å². The van der Waals surface area contributed by atoms with Crippen LogP contribution < -0.4 is 10.5 Å².